The highest BCUT2D eigenvalue weighted by molar-refractivity contribution is 7.29. The molecule has 0 saturated heterocycles. The molecular formula is C16H13BOS. The van der Waals surface area contributed by atoms with Crippen molar-refractivity contribution in [2.24, 2.45) is 0 Å². The predicted octanol–water partition coefficient (Wildman–Crippen LogP) is 3.01. The maximum absolute atomic E-state index is 6.20. The second-order valence-electron chi connectivity index (χ2n) is 5.19. The fourth-order valence-corrected chi connectivity index (χ4v) is 3.99. The molecule has 3 heteroatoms. The Kier molecular flexibility index (Phi) is 2.27. The van der Waals surface area contributed by atoms with Gasteiger partial charge in [0.15, 0.2) is 0 Å². The van der Waals surface area contributed by atoms with Crippen molar-refractivity contribution in [2.45, 2.75) is 13.8 Å². The Morgan fingerprint density at radius 3 is 2.84 bits per heavy atom. The quantitative estimate of drug-likeness (QED) is 0.444. The Morgan fingerprint density at radius 2 is 1.95 bits per heavy atom. The van der Waals surface area contributed by atoms with Crippen molar-refractivity contribution in [1.82, 2.24) is 0 Å². The summed E-state index contributed by atoms with van der Waals surface area (Å²) in [5, 5.41) is 1.24. The molecule has 3 aromatic rings. The van der Waals surface area contributed by atoms with Crippen LogP contribution >= 0.6 is 11.3 Å². The summed E-state index contributed by atoms with van der Waals surface area (Å²) in [5.74, 6) is 2.10. The van der Waals surface area contributed by atoms with Gasteiger partial charge in [-0.15, -0.1) is 11.3 Å². The number of rotatable bonds is 0. The predicted molar refractivity (Wildman–Crippen MR) is 84.2 cm³/mol. The summed E-state index contributed by atoms with van der Waals surface area (Å²) >= 11 is 1.85. The van der Waals surface area contributed by atoms with Crippen molar-refractivity contribution < 1.29 is 4.74 Å². The molecular weight excluding hydrogens is 251 g/mol. The lowest BCUT2D eigenvalue weighted by Crippen LogP contribution is -2.33. The average molecular weight is 264 g/mol. The number of ether oxygens (including phenoxy) is 1. The van der Waals surface area contributed by atoms with Crippen LogP contribution in [0.4, 0.5) is 0 Å². The summed E-state index contributed by atoms with van der Waals surface area (Å²) in [6.07, 6.45) is 0. The van der Waals surface area contributed by atoms with Gasteiger partial charge in [0.1, 0.15) is 11.5 Å². The van der Waals surface area contributed by atoms with Crippen molar-refractivity contribution in [3.05, 3.63) is 47.5 Å². The van der Waals surface area contributed by atoms with Crippen LogP contribution in [-0.4, -0.2) is 7.28 Å². The second kappa shape index (κ2) is 3.88. The molecule has 0 aliphatic carbocycles. The third kappa shape index (κ3) is 1.62. The van der Waals surface area contributed by atoms with Crippen LogP contribution in [0.1, 0.15) is 11.1 Å². The Hall–Kier alpha value is -1.74. The molecule has 0 amide bonds. The lowest BCUT2D eigenvalue weighted by molar-refractivity contribution is 0.494. The molecule has 0 radical (unpaired) electrons. The molecule has 0 fully saturated rings. The molecule has 19 heavy (non-hydrogen) atoms. The average Bonchev–Trinajstić information content (AvgIpc) is 2.74. The zero-order valence-electron chi connectivity index (χ0n) is 11.0. The topological polar surface area (TPSA) is 9.23 Å². The van der Waals surface area contributed by atoms with Gasteiger partial charge < -0.3 is 4.74 Å². The minimum absolute atomic E-state index is 0.996. The van der Waals surface area contributed by atoms with Gasteiger partial charge in [-0.2, -0.15) is 0 Å². The summed E-state index contributed by atoms with van der Waals surface area (Å²) < 4.78 is 8.87. The maximum Gasteiger partial charge on any atom is 0.215 e. The van der Waals surface area contributed by atoms with Gasteiger partial charge in [-0.25, -0.2) is 0 Å². The zero-order valence-corrected chi connectivity index (χ0v) is 11.8. The number of benzene rings is 2. The molecule has 92 valence electrons. The summed E-state index contributed by atoms with van der Waals surface area (Å²) in [7, 11) is 0.996. The van der Waals surface area contributed by atoms with E-state index in [1.807, 2.05) is 11.3 Å². The van der Waals surface area contributed by atoms with Gasteiger partial charge in [0.05, 0.1) is 0 Å². The highest BCUT2D eigenvalue weighted by Crippen LogP contribution is 2.35. The fraction of sp³-hybridized carbons (Fsp3) is 0.125. The minimum Gasteiger partial charge on any atom is -0.457 e. The first kappa shape index (κ1) is 11.1. The van der Waals surface area contributed by atoms with Crippen molar-refractivity contribution in [3.63, 3.8) is 0 Å². The number of hydrogen-bond acceptors (Lipinski definition) is 2. The van der Waals surface area contributed by atoms with E-state index in [1.165, 1.54) is 31.5 Å². The largest absolute Gasteiger partial charge is 0.457 e. The lowest BCUT2D eigenvalue weighted by atomic mass is 9.65. The van der Waals surface area contributed by atoms with E-state index in [4.69, 9.17) is 4.74 Å². The zero-order chi connectivity index (χ0) is 13.0. The van der Waals surface area contributed by atoms with E-state index < -0.39 is 0 Å². The molecule has 0 N–H and O–H groups in total. The summed E-state index contributed by atoms with van der Waals surface area (Å²) in [4.78, 5) is 0. The second-order valence-corrected chi connectivity index (χ2v) is 6.32. The molecule has 0 unspecified atom stereocenters. The highest BCUT2D eigenvalue weighted by atomic mass is 32.1. The summed E-state index contributed by atoms with van der Waals surface area (Å²) in [6.45, 7) is 4.30. The smallest absolute Gasteiger partial charge is 0.215 e. The third-order valence-electron chi connectivity index (χ3n) is 3.74. The molecule has 0 atom stereocenters. The van der Waals surface area contributed by atoms with Crippen LogP contribution in [-0.2, 0) is 0 Å². The third-order valence-corrected chi connectivity index (χ3v) is 4.90. The first-order valence-corrected chi connectivity index (χ1v) is 7.32. The van der Waals surface area contributed by atoms with Crippen LogP contribution in [0.15, 0.2) is 36.4 Å². The SMILES string of the molecule is Cc1cc(C)c2c(c1)Oc1c(sc3ccccc13)B2. The normalized spacial score (nSPS) is 12.5. The molecule has 1 aliphatic heterocycles. The Labute approximate surface area is 117 Å². The molecule has 1 aliphatic rings. The number of fused-ring (bicyclic) bond motifs is 4. The van der Waals surface area contributed by atoms with Gasteiger partial charge in [0.25, 0.3) is 0 Å². The van der Waals surface area contributed by atoms with E-state index in [9.17, 15) is 0 Å². The molecule has 1 aromatic heterocycles. The van der Waals surface area contributed by atoms with E-state index in [0.717, 1.165) is 18.8 Å². The van der Waals surface area contributed by atoms with Crippen LogP contribution in [0.25, 0.3) is 10.1 Å². The van der Waals surface area contributed by atoms with Crippen LogP contribution < -0.4 is 15.0 Å². The monoisotopic (exact) mass is 264 g/mol. The number of aryl methyl sites for hydroxylation is 2. The van der Waals surface area contributed by atoms with E-state index in [2.05, 4.69) is 50.2 Å². The molecule has 2 heterocycles. The first-order chi connectivity index (χ1) is 9.22. The summed E-state index contributed by atoms with van der Waals surface area (Å²) in [5.41, 5.74) is 3.93. The van der Waals surface area contributed by atoms with Crippen LogP contribution in [0.3, 0.4) is 0 Å². The Morgan fingerprint density at radius 1 is 1.11 bits per heavy atom. The van der Waals surface area contributed by atoms with Gasteiger partial charge in [0.2, 0.25) is 7.28 Å². The van der Waals surface area contributed by atoms with Crippen molar-refractivity contribution >= 4 is 38.9 Å². The van der Waals surface area contributed by atoms with Crippen LogP contribution in [0, 0.1) is 13.8 Å². The maximum atomic E-state index is 6.20. The van der Waals surface area contributed by atoms with E-state index in [1.54, 1.807) is 0 Å². The highest BCUT2D eigenvalue weighted by Gasteiger charge is 2.24. The minimum atomic E-state index is 0.996. The molecule has 2 aromatic carbocycles. The number of thiophene rings is 1. The van der Waals surface area contributed by atoms with Gasteiger partial charge in [0, 0.05) is 14.9 Å². The van der Waals surface area contributed by atoms with Gasteiger partial charge in [-0.1, -0.05) is 23.8 Å². The van der Waals surface area contributed by atoms with Crippen LogP contribution in [0.5, 0.6) is 11.5 Å². The first-order valence-electron chi connectivity index (χ1n) is 6.51. The molecule has 0 spiro atoms. The molecule has 0 bridgehead atoms. The van der Waals surface area contributed by atoms with Gasteiger partial charge >= 0.3 is 0 Å². The Balaban J connectivity index is 1.96. The lowest BCUT2D eigenvalue weighted by Gasteiger charge is -2.19. The van der Waals surface area contributed by atoms with Crippen LogP contribution in [0.2, 0.25) is 0 Å². The fourth-order valence-electron chi connectivity index (χ4n) is 2.85. The van der Waals surface area contributed by atoms with E-state index in [0.29, 0.717) is 0 Å². The van der Waals surface area contributed by atoms with Crippen molar-refractivity contribution in [3.8, 4) is 11.5 Å². The van der Waals surface area contributed by atoms with Gasteiger partial charge in [-0.05, 0) is 43.1 Å². The van der Waals surface area contributed by atoms with E-state index >= 15 is 0 Å². The standard InChI is InChI=1S/C16H13BOS/c1-9-7-10(2)14-12(8-9)18-15-11-5-3-4-6-13(11)19-16(15)17-14/h3-8,17H,1-2H3. The molecule has 4 rings (SSSR count). The van der Waals surface area contributed by atoms with E-state index in [-0.39, 0.29) is 0 Å². The van der Waals surface area contributed by atoms with Gasteiger partial charge in [-0.3, -0.25) is 0 Å². The van der Waals surface area contributed by atoms with Crippen molar-refractivity contribution in [2.75, 3.05) is 0 Å². The Bertz CT molecular complexity index is 804. The number of hydrogen-bond donors (Lipinski definition) is 0. The summed E-state index contributed by atoms with van der Waals surface area (Å²) in [6, 6.07) is 12.9. The molecule has 0 saturated carbocycles. The van der Waals surface area contributed by atoms with Crippen molar-refractivity contribution in [1.29, 1.82) is 0 Å². The molecule has 1 nitrogen and oxygen atoms in total.